The number of aromatic nitrogens is 1. The number of hydrogen-bond acceptors (Lipinski definition) is 3. The van der Waals surface area contributed by atoms with Gasteiger partial charge < -0.3 is 4.98 Å². The molecule has 27 heavy (non-hydrogen) atoms. The second-order valence-electron chi connectivity index (χ2n) is 8.96. The minimum absolute atomic E-state index is 0.0254. The third kappa shape index (κ3) is 4.69. The lowest BCUT2D eigenvalue weighted by atomic mass is 9.88. The molecule has 0 bridgehead atoms. The van der Waals surface area contributed by atoms with Gasteiger partial charge in [0, 0.05) is 50.0 Å². The van der Waals surface area contributed by atoms with Crippen molar-refractivity contribution in [1.82, 2.24) is 14.8 Å². The summed E-state index contributed by atoms with van der Waals surface area (Å²) in [5.41, 5.74) is 4.05. The average molecular weight is 368 g/mol. The van der Waals surface area contributed by atoms with Gasteiger partial charge in [-0.05, 0) is 49.4 Å². The normalized spacial score (nSPS) is 19.6. The van der Waals surface area contributed by atoms with Gasteiger partial charge in [0.05, 0.1) is 0 Å². The molecule has 1 aliphatic rings. The zero-order valence-electron chi connectivity index (χ0n) is 17.3. The van der Waals surface area contributed by atoms with E-state index in [1.54, 1.807) is 12.3 Å². The number of piperazine rings is 1. The fourth-order valence-corrected chi connectivity index (χ4v) is 4.24. The molecule has 0 amide bonds. The highest BCUT2D eigenvalue weighted by molar-refractivity contribution is 5.33. The number of H-pyrrole nitrogens is 1. The first kappa shape index (κ1) is 19.8. The summed E-state index contributed by atoms with van der Waals surface area (Å²) >= 11 is 0. The van der Waals surface area contributed by atoms with Gasteiger partial charge >= 0.3 is 0 Å². The Morgan fingerprint density at radius 2 is 1.89 bits per heavy atom. The second kappa shape index (κ2) is 7.99. The fraction of sp³-hybridized carbons (Fsp3) is 0.522. The Labute approximate surface area is 163 Å². The van der Waals surface area contributed by atoms with Crippen LogP contribution in [0.1, 0.15) is 63.3 Å². The molecule has 3 rings (SSSR count). The minimum atomic E-state index is -0.0254. The molecule has 1 fully saturated rings. The molecule has 2 aromatic rings. The van der Waals surface area contributed by atoms with Gasteiger partial charge in [0.15, 0.2) is 0 Å². The van der Waals surface area contributed by atoms with Crippen LogP contribution in [0.5, 0.6) is 0 Å². The van der Waals surface area contributed by atoms with E-state index in [4.69, 9.17) is 0 Å². The van der Waals surface area contributed by atoms with Crippen molar-refractivity contribution >= 4 is 0 Å². The Bertz CT molecular complexity index is 819. The Kier molecular flexibility index (Phi) is 5.87. The molecule has 0 spiro atoms. The maximum absolute atomic E-state index is 11.6. The zero-order valence-corrected chi connectivity index (χ0v) is 17.3. The third-order valence-electron chi connectivity index (χ3n) is 5.55. The third-order valence-corrected chi connectivity index (χ3v) is 5.55. The van der Waals surface area contributed by atoms with Crippen molar-refractivity contribution in [2.75, 3.05) is 19.6 Å². The van der Waals surface area contributed by atoms with Crippen LogP contribution in [0.25, 0.3) is 0 Å². The van der Waals surface area contributed by atoms with Gasteiger partial charge in [-0.15, -0.1) is 0 Å². The lowest BCUT2D eigenvalue weighted by Gasteiger charge is -2.49. The molecular weight excluding hydrogens is 334 g/mol. The predicted octanol–water partition coefficient (Wildman–Crippen LogP) is 4.16. The largest absolute Gasteiger partial charge is 0.329 e. The van der Waals surface area contributed by atoms with Gasteiger partial charge in [-0.2, -0.15) is 0 Å². The van der Waals surface area contributed by atoms with Crippen molar-refractivity contribution in [3.05, 3.63) is 69.6 Å². The number of nitrogens with one attached hydrogen (secondary N) is 1. The van der Waals surface area contributed by atoms with Crippen LogP contribution in [0.4, 0.5) is 0 Å². The maximum atomic E-state index is 11.6. The molecule has 4 nitrogen and oxygen atoms in total. The van der Waals surface area contributed by atoms with Gasteiger partial charge in [-0.25, -0.2) is 0 Å². The number of hydrogen-bond donors (Lipinski definition) is 1. The monoisotopic (exact) mass is 367 g/mol. The van der Waals surface area contributed by atoms with Crippen molar-refractivity contribution in [2.45, 2.75) is 58.7 Å². The molecule has 2 heterocycles. The molecule has 1 atom stereocenters. The van der Waals surface area contributed by atoms with Crippen LogP contribution in [0.3, 0.4) is 0 Å². The van der Waals surface area contributed by atoms with Crippen LogP contribution < -0.4 is 5.56 Å². The molecule has 1 saturated heterocycles. The lowest BCUT2D eigenvalue weighted by molar-refractivity contribution is 0.00553. The highest BCUT2D eigenvalue weighted by Crippen LogP contribution is 2.35. The van der Waals surface area contributed by atoms with Crippen LogP contribution in [0.2, 0.25) is 0 Å². The predicted molar refractivity (Wildman–Crippen MR) is 112 cm³/mol. The van der Waals surface area contributed by atoms with Crippen LogP contribution in [-0.2, 0) is 6.54 Å². The van der Waals surface area contributed by atoms with Crippen LogP contribution >= 0.6 is 0 Å². The summed E-state index contributed by atoms with van der Waals surface area (Å²) in [4.78, 5) is 19.5. The van der Waals surface area contributed by atoms with E-state index in [-0.39, 0.29) is 11.1 Å². The lowest BCUT2D eigenvalue weighted by Crippen LogP contribution is -2.55. The van der Waals surface area contributed by atoms with Crippen molar-refractivity contribution in [3.63, 3.8) is 0 Å². The molecule has 1 aliphatic heterocycles. The van der Waals surface area contributed by atoms with E-state index in [1.807, 2.05) is 6.07 Å². The molecule has 1 unspecified atom stereocenters. The molecule has 1 aromatic heterocycles. The van der Waals surface area contributed by atoms with Gasteiger partial charge in [-0.3, -0.25) is 14.6 Å². The van der Waals surface area contributed by atoms with Crippen molar-refractivity contribution in [1.29, 1.82) is 0 Å². The smallest absolute Gasteiger partial charge is 0.248 e. The van der Waals surface area contributed by atoms with Gasteiger partial charge in [0.25, 0.3) is 0 Å². The second-order valence-corrected chi connectivity index (χ2v) is 8.96. The summed E-state index contributed by atoms with van der Waals surface area (Å²) < 4.78 is 0. The van der Waals surface area contributed by atoms with E-state index in [1.165, 1.54) is 11.1 Å². The Morgan fingerprint density at radius 1 is 1.15 bits per heavy atom. The van der Waals surface area contributed by atoms with E-state index in [2.05, 4.69) is 73.7 Å². The number of pyridine rings is 1. The zero-order chi connectivity index (χ0) is 19.6. The highest BCUT2D eigenvalue weighted by Gasteiger charge is 2.35. The highest BCUT2D eigenvalue weighted by atomic mass is 16.1. The van der Waals surface area contributed by atoms with Crippen LogP contribution in [-0.4, -0.2) is 40.0 Å². The number of rotatable bonds is 4. The molecule has 4 heteroatoms. The summed E-state index contributed by atoms with van der Waals surface area (Å²) in [6.07, 6.45) is 1.74. The summed E-state index contributed by atoms with van der Waals surface area (Å²) in [6, 6.07) is 13.0. The first-order valence-corrected chi connectivity index (χ1v) is 10.0. The first-order chi connectivity index (χ1) is 12.8. The first-order valence-electron chi connectivity index (χ1n) is 10.0. The maximum Gasteiger partial charge on any atom is 0.248 e. The summed E-state index contributed by atoms with van der Waals surface area (Å²) in [6.45, 7) is 15.3. The minimum Gasteiger partial charge on any atom is -0.329 e. The van der Waals surface area contributed by atoms with Gasteiger partial charge in [0.1, 0.15) is 0 Å². The summed E-state index contributed by atoms with van der Waals surface area (Å²) in [7, 11) is 0. The quantitative estimate of drug-likeness (QED) is 0.882. The van der Waals surface area contributed by atoms with E-state index in [0.29, 0.717) is 12.0 Å². The molecule has 0 saturated carbocycles. The van der Waals surface area contributed by atoms with Crippen molar-refractivity contribution in [3.8, 4) is 0 Å². The molecule has 146 valence electrons. The Balaban J connectivity index is 1.90. The molecule has 0 radical (unpaired) electrons. The Hall–Kier alpha value is -1.91. The average Bonchev–Trinajstić information content (AvgIpc) is 2.60. The van der Waals surface area contributed by atoms with Crippen LogP contribution in [0.15, 0.2) is 47.4 Å². The molecule has 0 aliphatic carbocycles. The number of aromatic amines is 1. The molecule has 1 N–H and O–H groups in total. The summed E-state index contributed by atoms with van der Waals surface area (Å²) in [5, 5.41) is 0. The topological polar surface area (TPSA) is 39.3 Å². The SMILES string of the molecule is CC(C)c1ccccc1C1CN(Cc2cc[nH]c(=O)c2)CCN1C(C)(C)C. The number of benzene rings is 1. The summed E-state index contributed by atoms with van der Waals surface area (Å²) in [5.74, 6) is 0.506. The van der Waals surface area contributed by atoms with Crippen molar-refractivity contribution < 1.29 is 0 Å². The van der Waals surface area contributed by atoms with Gasteiger partial charge in [-0.1, -0.05) is 38.1 Å². The van der Waals surface area contributed by atoms with E-state index >= 15 is 0 Å². The number of nitrogens with zero attached hydrogens (tertiary/aromatic N) is 2. The fourth-order valence-electron chi connectivity index (χ4n) is 4.24. The molecule has 1 aromatic carbocycles. The Morgan fingerprint density at radius 3 is 2.56 bits per heavy atom. The standard InChI is InChI=1S/C23H33N3O/c1-17(2)19-8-6-7-9-20(19)21-16-25(12-13-26(21)23(3,4)5)15-18-10-11-24-22(27)14-18/h6-11,14,17,21H,12-13,15-16H2,1-5H3,(H,24,27). The van der Waals surface area contributed by atoms with Crippen LogP contribution in [0, 0.1) is 0 Å². The molecular formula is C23H33N3O. The van der Waals surface area contributed by atoms with E-state index in [9.17, 15) is 4.79 Å². The van der Waals surface area contributed by atoms with E-state index < -0.39 is 0 Å². The van der Waals surface area contributed by atoms with E-state index in [0.717, 1.165) is 31.7 Å². The van der Waals surface area contributed by atoms with Gasteiger partial charge in [0.2, 0.25) is 5.56 Å². The van der Waals surface area contributed by atoms with Crippen molar-refractivity contribution in [2.24, 2.45) is 0 Å².